The van der Waals surface area contributed by atoms with Gasteiger partial charge >= 0.3 is 6.09 Å². The second kappa shape index (κ2) is 15.3. The summed E-state index contributed by atoms with van der Waals surface area (Å²) in [7, 11) is 0. The molecule has 0 spiro atoms. The monoisotopic (exact) mass is 637 g/mol. The summed E-state index contributed by atoms with van der Waals surface area (Å²) in [6.45, 7) is 11.3. The highest BCUT2D eigenvalue weighted by Crippen LogP contribution is 2.41. The van der Waals surface area contributed by atoms with E-state index in [9.17, 15) is 4.79 Å². The summed E-state index contributed by atoms with van der Waals surface area (Å²) in [4.78, 5) is 20.1. The van der Waals surface area contributed by atoms with Crippen molar-refractivity contribution in [2.45, 2.75) is 32.7 Å². The molecular formula is C35H41Cl2N3O4. The van der Waals surface area contributed by atoms with Crippen LogP contribution >= 0.6 is 23.2 Å². The molecular weight excluding hydrogens is 597 g/mol. The van der Waals surface area contributed by atoms with Gasteiger partial charge in [-0.15, -0.1) is 0 Å². The standard InChI is InChI=1S/C35H41Cl2N3O4/c1-25-4-7-29(37)24-33(25)32-14-16-40(35(42)44-31-12-8-28(36)9-13-31)34(26(32)2)27-5-10-30(11-6-27)43-23-3-15-38-17-19-39(20-18-38)21-22-41/h4-13,24,34,41H,3,14-23H2,1-2H3. The van der Waals surface area contributed by atoms with Crippen molar-refractivity contribution in [1.82, 2.24) is 14.7 Å². The van der Waals surface area contributed by atoms with Gasteiger partial charge in [0.25, 0.3) is 0 Å². The highest BCUT2D eigenvalue weighted by Gasteiger charge is 2.34. The van der Waals surface area contributed by atoms with Crippen molar-refractivity contribution in [2.75, 3.05) is 59.0 Å². The Balaban J connectivity index is 1.29. The van der Waals surface area contributed by atoms with Crippen LogP contribution in [0.2, 0.25) is 10.0 Å². The molecule has 3 aromatic rings. The second-order valence-electron chi connectivity index (χ2n) is 11.5. The Morgan fingerprint density at radius 1 is 0.841 bits per heavy atom. The van der Waals surface area contributed by atoms with Gasteiger partial charge in [0.2, 0.25) is 0 Å². The van der Waals surface area contributed by atoms with Crippen LogP contribution in [0.1, 0.15) is 42.5 Å². The fourth-order valence-corrected chi connectivity index (χ4v) is 6.41. The average Bonchev–Trinajstić information content (AvgIpc) is 3.03. The molecule has 234 valence electrons. The van der Waals surface area contributed by atoms with Gasteiger partial charge < -0.3 is 19.5 Å². The van der Waals surface area contributed by atoms with Gasteiger partial charge in [-0.3, -0.25) is 9.80 Å². The number of hydrogen-bond acceptors (Lipinski definition) is 6. The number of hydrogen-bond donors (Lipinski definition) is 1. The molecule has 1 N–H and O–H groups in total. The zero-order valence-corrected chi connectivity index (χ0v) is 27.0. The van der Waals surface area contributed by atoms with Crippen LogP contribution in [0, 0.1) is 6.92 Å². The highest BCUT2D eigenvalue weighted by atomic mass is 35.5. The summed E-state index contributed by atoms with van der Waals surface area (Å²) in [6.07, 6.45) is 1.23. The lowest BCUT2D eigenvalue weighted by Crippen LogP contribution is -2.47. The van der Waals surface area contributed by atoms with E-state index < -0.39 is 6.09 Å². The molecule has 5 rings (SSSR count). The van der Waals surface area contributed by atoms with Gasteiger partial charge in [0.15, 0.2) is 0 Å². The van der Waals surface area contributed by atoms with Gasteiger partial charge in [0.05, 0.1) is 19.3 Å². The van der Waals surface area contributed by atoms with Gasteiger partial charge in [-0.2, -0.15) is 0 Å². The quantitative estimate of drug-likeness (QED) is 0.239. The fourth-order valence-electron chi connectivity index (χ4n) is 6.11. The Morgan fingerprint density at radius 2 is 1.48 bits per heavy atom. The lowest BCUT2D eigenvalue weighted by atomic mass is 9.84. The smallest absolute Gasteiger partial charge is 0.416 e. The number of benzene rings is 3. The van der Waals surface area contributed by atoms with Crippen molar-refractivity contribution >= 4 is 34.9 Å². The van der Waals surface area contributed by atoms with Crippen LogP contribution < -0.4 is 9.47 Å². The van der Waals surface area contributed by atoms with Crippen molar-refractivity contribution in [3.63, 3.8) is 0 Å². The molecule has 0 bridgehead atoms. The molecule has 7 nitrogen and oxygen atoms in total. The first-order valence-electron chi connectivity index (χ1n) is 15.3. The predicted molar refractivity (Wildman–Crippen MR) is 177 cm³/mol. The van der Waals surface area contributed by atoms with E-state index in [0.717, 1.165) is 73.7 Å². The number of halogens is 2. The first kappa shape index (κ1) is 32.3. The SMILES string of the molecule is CC1=C(c2cc(Cl)ccc2C)CCN(C(=O)Oc2ccc(Cl)cc2)C1c1ccc(OCCCN2CCN(CCO)CC2)cc1. The van der Waals surface area contributed by atoms with Gasteiger partial charge in [-0.05, 0) is 103 Å². The Morgan fingerprint density at radius 3 is 2.16 bits per heavy atom. The molecule has 0 aliphatic carbocycles. The van der Waals surface area contributed by atoms with Gasteiger partial charge in [-0.1, -0.05) is 41.4 Å². The van der Waals surface area contributed by atoms with E-state index in [1.165, 1.54) is 5.57 Å². The summed E-state index contributed by atoms with van der Waals surface area (Å²) in [5.74, 6) is 1.26. The number of aliphatic hydroxyl groups excluding tert-OH is 1. The lowest BCUT2D eigenvalue weighted by Gasteiger charge is -2.38. The van der Waals surface area contributed by atoms with Gasteiger partial charge in [0, 0.05) is 55.9 Å². The van der Waals surface area contributed by atoms with Crippen LogP contribution in [0.15, 0.2) is 72.3 Å². The molecule has 0 aromatic heterocycles. The van der Waals surface area contributed by atoms with Gasteiger partial charge in [-0.25, -0.2) is 4.79 Å². The number of aryl methyl sites for hydroxylation is 1. The molecule has 2 heterocycles. The lowest BCUT2D eigenvalue weighted by molar-refractivity contribution is 0.108. The molecule has 2 aliphatic rings. The first-order chi connectivity index (χ1) is 21.3. The molecule has 1 atom stereocenters. The van der Waals surface area contributed by atoms with Crippen molar-refractivity contribution in [3.05, 3.63) is 99.0 Å². The third-order valence-corrected chi connectivity index (χ3v) is 9.03. The fraction of sp³-hybridized carbons (Fsp3) is 0.400. The molecule has 9 heteroatoms. The average molecular weight is 639 g/mol. The Hall–Kier alpha value is -3.07. The molecule has 3 aromatic carbocycles. The summed E-state index contributed by atoms with van der Waals surface area (Å²) >= 11 is 12.4. The summed E-state index contributed by atoms with van der Waals surface area (Å²) in [5, 5.41) is 10.4. The molecule has 2 aliphatic heterocycles. The Kier molecular flexibility index (Phi) is 11.2. The van der Waals surface area contributed by atoms with E-state index in [-0.39, 0.29) is 12.6 Å². The van der Waals surface area contributed by atoms with E-state index in [0.29, 0.717) is 35.4 Å². The third kappa shape index (κ3) is 8.14. The van der Waals surface area contributed by atoms with Crippen LogP contribution in [0.3, 0.4) is 0 Å². The topological polar surface area (TPSA) is 65.5 Å². The zero-order valence-electron chi connectivity index (χ0n) is 25.5. The number of rotatable bonds is 10. The molecule has 1 fully saturated rings. The largest absolute Gasteiger partial charge is 0.494 e. The molecule has 0 saturated carbocycles. The normalized spacial score (nSPS) is 18.0. The van der Waals surface area contributed by atoms with E-state index in [4.69, 9.17) is 37.8 Å². The van der Waals surface area contributed by atoms with E-state index in [1.807, 2.05) is 42.5 Å². The number of β-amino-alcohol motifs (C(OH)–C–C–N with tert-alkyl or cyclic N) is 1. The van der Waals surface area contributed by atoms with Crippen molar-refractivity contribution in [2.24, 2.45) is 0 Å². The van der Waals surface area contributed by atoms with Crippen LogP contribution in [0.4, 0.5) is 4.79 Å². The second-order valence-corrected chi connectivity index (χ2v) is 12.3. The highest BCUT2D eigenvalue weighted by molar-refractivity contribution is 6.31. The van der Waals surface area contributed by atoms with Gasteiger partial charge in [0.1, 0.15) is 11.5 Å². The Labute approximate surface area is 270 Å². The minimum absolute atomic E-state index is 0.220. The summed E-state index contributed by atoms with van der Waals surface area (Å²) in [5.41, 5.74) is 5.53. The number of nitrogens with zero attached hydrogens (tertiary/aromatic N) is 3. The van der Waals surface area contributed by atoms with E-state index >= 15 is 0 Å². The van der Waals surface area contributed by atoms with E-state index in [1.54, 1.807) is 29.2 Å². The number of carbonyl (C=O) groups excluding carboxylic acids is 1. The molecule has 0 radical (unpaired) electrons. The van der Waals surface area contributed by atoms with Crippen LogP contribution in [-0.4, -0.2) is 84.9 Å². The molecule has 44 heavy (non-hydrogen) atoms. The summed E-state index contributed by atoms with van der Waals surface area (Å²) < 4.78 is 11.9. The number of amides is 1. The number of piperazine rings is 1. The molecule has 1 saturated heterocycles. The van der Waals surface area contributed by atoms with E-state index in [2.05, 4.69) is 23.6 Å². The van der Waals surface area contributed by atoms with Crippen molar-refractivity contribution < 1.29 is 19.4 Å². The number of aliphatic hydroxyl groups is 1. The predicted octanol–water partition coefficient (Wildman–Crippen LogP) is 7.10. The minimum atomic E-state index is -0.406. The van der Waals surface area contributed by atoms with Crippen molar-refractivity contribution in [1.29, 1.82) is 0 Å². The summed E-state index contributed by atoms with van der Waals surface area (Å²) in [6, 6.07) is 20.5. The molecule has 1 amide bonds. The maximum Gasteiger partial charge on any atom is 0.416 e. The maximum absolute atomic E-state index is 13.6. The zero-order chi connectivity index (χ0) is 31.1. The maximum atomic E-state index is 13.6. The third-order valence-electron chi connectivity index (χ3n) is 8.54. The van der Waals surface area contributed by atoms with Crippen LogP contribution in [0.25, 0.3) is 5.57 Å². The van der Waals surface area contributed by atoms with Crippen LogP contribution in [0.5, 0.6) is 11.5 Å². The molecule has 1 unspecified atom stereocenters. The minimum Gasteiger partial charge on any atom is -0.494 e. The number of carbonyl (C=O) groups is 1. The Bertz CT molecular complexity index is 1440. The first-order valence-corrected chi connectivity index (χ1v) is 16.1. The number of ether oxygens (including phenoxy) is 2. The van der Waals surface area contributed by atoms with Crippen molar-refractivity contribution in [3.8, 4) is 11.5 Å². The van der Waals surface area contributed by atoms with Crippen LogP contribution in [-0.2, 0) is 0 Å².